The van der Waals surface area contributed by atoms with Gasteiger partial charge in [0.2, 0.25) is 0 Å². The molecule has 1 amide bonds. The van der Waals surface area contributed by atoms with E-state index in [0.29, 0.717) is 17.9 Å². The van der Waals surface area contributed by atoms with Crippen molar-refractivity contribution in [1.82, 2.24) is 16.0 Å². The molecule has 0 saturated heterocycles. The fraction of sp³-hybridized carbons (Fsp3) is 0.333. The van der Waals surface area contributed by atoms with Crippen molar-refractivity contribution in [2.24, 2.45) is 4.99 Å². The van der Waals surface area contributed by atoms with Crippen molar-refractivity contribution in [1.29, 1.82) is 0 Å². The molecule has 29 heavy (non-hydrogen) atoms. The topological polar surface area (TPSA) is 65.5 Å². The Hall–Kier alpha value is -1.81. The van der Waals surface area contributed by atoms with Crippen LogP contribution in [0, 0.1) is 5.82 Å². The molecule has 0 aliphatic carbocycles. The molecule has 2 aromatic carbocycles. The van der Waals surface area contributed by atoms with E-state index in [2.05, 4.69) is 20.9 Å². The number of aliphatic imine (C=N–C) groups is 1. The Morgan fingerprint density at radius 1 is 1.10 bits per heavy atom. The second kappa shape index (κ2) is 14.2. The molecule has 5 nitrogen and oxygen atoms in total. The first-order valence-corrected chi connectivity index (χ1v) is 10.4. The van der Waals surface area contributed by atoms with Gasteiger partial charge in [-0.15, -0.1) is 24.0 Å². The number of nitrogens with zero attached hydrogens (tertiary/aromatic N) is 1. The second-order valence-electron chi connectivity index (χ2n) is 6.10. The van der Waals surface area contributed by atoms with Crippen molar-refractivity contribution in [2.75, 3.05) is 32.9 Å². The Bertz CT molecular complexity index is 804. The number of carbonyl (C=O) groups is 1. The van der Waals surface area contributed by atoms with Gasteiger partial charge >= 0.3 is 0 Å². The summed E-state index contributed by atoms with van der Waals surface area (Å²) in [6.45, 7) is 1.45. The van der Waals surface area contributed by atoms with Gasteiger partial charge in [-0.3, -0.25) is 9.79 Å². The lowest BCUT2D eigenvalue weighted by Gasteiger charge is -2.12. The molecule has 0 spiro atoms. The zero-order chi connectivity index (χ0) is 20.2. The number of amides is 1. The van der Waals surface area contributed by atoms with E-state index in [1.165, 1.54) is 6.07 Å². The lowest BCUT2D eigenvalue weighted by Crippen LogP contribution is -2.39. The van der Waals surface area contributed by atoms with Crippen molar-refractivity contribution in [3.05, 3.63) is 71.0 Å². The average molecular weight is 530 g/mol. The number of hydrogen-bond acceptors (Lipinski definition) is 3. The molecule has 0 radical (unpaired) electrons. The van der Waals surface area contributed by atoms with E-state index in [1.54, 1.807) is 38.0 Å². The summed E-state index contributed by atoms with van der Waals surface area (Å²) in [5.41, 5.74) is 2.48. The summed E-state index contributed by atoms with van der Waals surface area (Å²) < 4.78 is 13.6. The highest BCUT2D eigenvalue weighted by Gasteiger charge is 2.04. The summed E-state index contributed by atoms with van der Waals surface area (Å²) in [4.78, 5) is 15.9. The number of halogens is 2. The van der Waals surface area contributed by atoms with E-state index in [9.17, 15) is 9.18 Å². The highest BCUT2D eigenvalue weighted by molar-refractivity contribution is 14.0. The Morgan fingerprint density at radius 3 is 2.59 bits per heavy atom. The van der Waals surface area contributed by atoms with Crippen molar-refractivity contribution in [2.45, 2.75) is 12.2 Å². The van der Waals surface area contributed by atoms with Gasteiger partial charge in [-0.2, -0.15) is 11.8 Å². The standard InChI is InChI=1S/C21H27FN4OS.HI/c1-23-20(27)17-8-5-6-16(14-17)10-11-25-21(24-2)26-12-13-28-15-18-7-3-4-9-19(18)22;/h3-9,14H,10-13,15H2,1-2H3,(H,23,27)(H2,24,25,26);1H. The van der Waals surface area contributed by atoms with Gasteiger partial charge in [0.05, 0.1) is 0 Å². The van der Waals surface area contributed by atoms with E-state index in [4.69, 9.17) is 0 Å². The van der Waals surface area contributed by atoms with E-state index >= 15 is 0 Å². The number of guanidine groups is 1. The predicted octanol–water partition coefficient (Wildman–Crippen LogP) is 3.44. The van der Waals surface area contributed by atoms with Gasteiger partial charge in [-0.05, 0) is 35.7 Å². The molecular weight excluding hydrogens is 502 g/mol. The Balaban J connectivity index is 0.00000420. The summed E-state index contributed by atoms with van der Waals surface area (Å²) in [5.74, 6) is 2.00. The maximum absolute atomic E-state index is 13.6. The van der Waals surface area contributed by atoms with Crippen LogP contribution < -0.4 is 16.0 Å². The summed E-state index contributed by atoms with van der Waals surface area (Å²) in [5, 5.41) is 9.16. The fourth-order valence-corrected chi connectivity index (χ4v) is 3.44. The summed E-state index contributed by atoms with van der Waals surface area (Å²) in [7, 11) is 3.36. The number of nitrogens with one attached hydrogen (secondary N) is 3. The van der Waals surface area contributed by atoms with Crippen LogP contribution in [0.5, 0.6) is 0 Å². The van der Waals surface area contributed by atoms with Crippen molar-refractivity contribution < 1.29 is 9.18 Å². The largest absolute Gasteiger partial charge is 0.356 e. The number of benzene rings is 2. The lowest BCUT2D eigenvalue weighted by molar-refractivity contribution is 0.0963. The van der Waals surface area contributed by atoms with Crippen LogP contribution in [0.4, 0.5) is 4.39 Å². The molecule has 0 aromatic heterocycles. The first-order valence-electron chi connectivity index (χ1n) is 9.20. The second-order valence-corrected chi connectivity index (χ2v) is 7.20. The van der Waals surface area contributed by atoms with E-state index in [-0.39, 0.29) is 35.7 Å². The molecule has 0 aliphatic rings. The third-order valence-electron chi connectivity index (χ3n) is 4.10. The van der Waals surface area contributed by atoms with Crippen LogP contribution in [0.15, 0.2) is 53.5 Å². The summed E-state index contributed by atoms with van der Waals surface area (Å²) in [6, 6.07) is 14.5. The smallest absolute Gasteiger partial charge is 0.251 e. The number of rotatable bonds is 9. The fourth-order valence-electron chi connectivity index (χ4n) is 2.60. The highest BCUT2D eigenvalue weighted by atomic mass is 127. The molecule has 0 saturated carbocycles. The van der Waals surface area contributed by atoms with Gasteiger partial charge < -0.3 is 16.0 Å². The molecule has 3 N–H and O–H groups in total. The van der Waals surface area contributed by atoms with Crippen LogP contribution in [0.1, 0.15) is 21.5 Å². The van der Waals surface area contributed by atoms with E-state index in [0.717, 1.165) is 35.8 Å². The van der Waals surface area contributed by atoms with E-state index < -0.39 is 0 Å². The first kappa shape index (κ1) is 25.2. The van der Waals surface area contributed by atoms with Crippen molar-refractivity contribution in [3.63, 3.8) is 0 Å². The zero-order valence-corrected chi connectivity index (χ0v) is 19.9. The van der Waals surface area contributed by atoms with Crippen LogP contribution in [0.25, 0.3) is 0 Å². The molecule has 0 aliphatic heterocycles. The lowest BCUT2D eigenvalue weighted by atomic mass is 10.1. The number of thioether (sulfide) groups is 1. The zero-order valence-electron chi connectivity index (χ0n) is 16.7. The van der Waals surface area contributed by atoms with Crippen molar-refractivity contribution in [3.8, 4) is 0 Å². The van der Waals surface area contributed by atoms with Crippen LogP contribution in [-0.4, -0.2) is 44.8 Å². The van der Waals surface area contributed by atoms with Gasteiger partial charge in [0.1, 0.15) is 5.82 Å². The molecular formula is C21H28FIN4OS. The first-order chi connectivity index (χ1) is 13.6. The van der Waals surface area contributed by atoms with Gasteiger partial charge in [0.15, 0.2) is 5.96 Å². The molecule has 0 heterocycles. The number of carbonyl (C=O) groups excluding carboxylic acids is 1. The molecule has 2 aromatic rings. The third-order valence-corrected chi connectivity index (χ3v) is 5.11. The van der Waals surface area contributed by atoms with Crippen LogP contribution in [0.2, 0.25) is 0 Å². The summed E-state index contributed by atoms with van der Waals surface area (Å²) >= 11 is 1.68. The SMILES string of the molecule is CN=C(NCCSCc1ccccc1F)NCCc1cccc(C(=O)NC)c1.I. The Labute approximate surface area is 193 Å². The summed E-state index contributed by atoms with van der Waals surface area (Å²) in [6.07, 6.45) is 0.785. The molecule has 0 atom stereocenters. The molecule has 0 bridgehead atoms. The maximum atomic E-state index is 13.6. The molecule has 2 rings (SSSR count). The monoisotopic (exact) mass is 530 g/mol. The Kier molecular flexibility index (Phi) is 12.4. The van der Waals surface area contributed by atoms with Gasteiger partial charge in [0, 0.05) is 44.3 Å². The molecule has 8 heteroatoms. The maximum Gasteiger partial charge on any atom is 0.251 e. The minimum atomic E-state index is -0.152. The normalized spacial score (nSPS) is 10.8. The van der Waals surface area contributed by atoms with Crippen LogP contribution in [-0.2, 0) is 12.2 Å². The minimum Gasteiger partial charge on any atom is -0.356 e. The molecule has 0 fully saturated rings. The van der Waals surface area contributed by atoms with Gasteiger partial charge in [-0.25, -0.2) is 4.39 Å². The Morgan fingerprint density at radius 2 is 1.86 bits per heavy atom. The number of hydrogen-bond donors (Lipinski definition) is 3. The van der Waals surface area contributed by atoms with Gasteiger partial charge in [-0.1, -0.05) is 30.3 Å². The molecule has 158 valence electrons. The van der Waals surface area contributed by atoms with Crippen LogP contribution >= 0.6 is 35.7 Å². The average Bonchev–Trinajstić information content (AvgIpc) is 2.73. The minimum absolute atomic E-state index is 0. The molecule has 0 unspecified atom stereocenters. The quantitative estimate of drug-likeness (QED) is 0.201. The van der Waals surface area contributed by atoms with E-state index in [1.807, 2.05) is 30.3 Å². The van der Waals surface area contributed by atoms with Crippen LogP contribution in [0.3, 0.4) is 0 Å². The highest BCUT2D eigenvalue weighted by Crippen LogP contribution is 2.14. The van der Waals surface area contributed by atoms with Gasteiger partial charge in [0.25, 0.3) is 5.91 Å². The van der Waals surface area contributed by atoms with Crippen molar-refractivity contribution >= 4 is 47.6 Å². The predicted molar refractivity (Wildman–Crippen MR) is 131 cm³/mol. The third kappa shape index (κ3) is 9.03.